The van der Waals surface area contributed by atoms with Crippen molar-refractivity contribution in [3.05, 3.63) is 35.9 Å². The number of amides is 1. The highest BCUT2D eigenvalue weighted by Crippen LogP contribution is 2.23. The molecule has 0 saturated heterocycles. The van der Waals surface area contributed by atoms with Gasteiger partial charge in [-0.2, -0.15) is 0 Å². The molecule has 0 spiro atoms. The third-order valence-electron chi connectivity index (χ3n) is 3.02. The molecule has 0 aromatic heterocycles. The molecule has 0 fully saturated rings. The summed E-state index contributed by atoms with van der Waals surface area (Å²) in [6.07, 6.45) is 0.883. The van der Waals surface area contributed by atoms with Gasteiger partial charge in [-0.3, -0.25) is 4.79 Å². The SMILES string of the molecule is CC(C(=O)NCC(Cl)CC(C)(C)C)c1ccccc1. The van der Waals surface area contributed by atoms with Gasteiger partial charge in [-0.15, -0.1) is 11.6 Å². The highest BCUT2D eigenvalue weighted by Gasteiger charge is 2.19. The minimum atomic E-state index is -0.139. The minimum absolute atomic E-state index is 0.0214. The zero-order valence-corrected chi connectivity index (χ0v) is 13.0. The number of carbonyl (C=O) groups excluding carboxylic acids is 1. The van der Waals surface area contributed by atoms with E-state index in [0.717, 1.165) is 12.0 Å². The largest absolute Gasteiger partial charge is 0.354 e. The van der Waals surface area contributed by atoms with Crippen LogP contribution in [0.4, 0.5) is 0 Å². The summed E-state index contributed by atoms with van der Waals surface area (Å²) < 4.78 is 0. The van der Waals surface area contributed by atoms with Gasteiger partial charge in [0.2, 0.25) is 5.91 Å². The van der Waals surface area contributed by atoms with Crippen molar-refractivity contribution >= 4 is 17.5 Å². The lowest BCUT2D eigenvalue weighted by Crippen LogP contribution is -2.34. The smallest absolute Gasteiger partial charge is 0.227 e. The second-order valence-electron chi connectivity index (χ2n) is 6.24. The molecule has 106 valence electrons. The van der Waals surface area contributed by atoms with Crippen molar-refractivity contribution < 1.29 is 4.79 Å². The molecule has 0 bridgehead atoms. The fourth-order valence-corrected chi connectivity index (χ4v) is 2.53. The van der Waals surface area contributed by atoms with E-state index in [4.69, 9.17) is 11.6 Å². The lowest BCUT2D eigenvalue weighted by atomic mass is 9.90. The Morgan fingerprint density at radius 2 is 1.84 bits per heavy atom. The third kappa shape index (κ3) is 6.11. The molecule has 3 heteroatoms. The van der Waals surface area contributed by atoms with Crippen LogP contribution in [0.2, 0.25) is 0 Å². The third-order valence-corrected chi connectivity index (χ3v) is 3.33. The number of hydrogen-bond donors (Lipinski definition) is 1. The highest BCUT2D eigenvalue weighted by molar-refractivity contribution is 6.20. The first-order valence-corrected chi connectivity index (χ1v) is 7.20. The van der Waals surface area contributed by atoms with Crippen molar-refractivity contribution in [3.8, 4) is 0 Å². The van der Waals surface area contributed by atoms with Gasteiger partial charge in [0.15, 0.2) is 0 Å². The van der Waals surface area contributed by atoms with E-state index in [1.165, 1.54) is 0 Å². The number of benzene rings is 1. The van der Waals surface area contributed by atoms with E-state index in [1.807, 2.05) is 37.3 Å². The van der Waals surface area contributed by atoms with Crippen molar-refractivity contribution in [2.24, 2.45) is 5.41 Å². The van der Waals surface area contributed by atoms with E-state index in [0.29, 0.717) is 6.54 Å². The number of hydrogen-bond acceptors (Lipinski definition) is 1. The number of alkyl halides is 1. The zero-order chi connectivity index (χ0) is 14.5. The van der Waals surface area contributed by atoms with E-state index >= 15 is 0 Å². The Morgan fingerprint density at radius 1 is 1.26 bits per heavy atom. The molecule has 19 heavy (non-hydrogen) atoms. The summed E-state index contributed by atoms with van der Waals surface area (Å²) in [4.78, 5) is 12.0. The average molecular weight is 282 g/mol. The van der Waals surface area contributed by atoms with Gasteiger partial charge in [0.1, 0.15) is 0 Å². The molecule has 1 aromatic carbocycles. The molecule has 0 aliphatic heterocycles. The number of halogens is 1. The van der Waals surface area contributed by atoms with Gasteiger partial charge in [0.05, 0.1) is 11.3 Å². The first-order chi connectivity index (χ1) is 8.79. The molecule has 0 aliphatic carbocycles. The lowest BCUT2D eigenvalue weighted by molar-refractivity contribution is -0.122. The molecule has 0 heterocycles. The monoisotopic (exact) mass is 281 g/mol. The fourth-order valence-electron chi connectivity index (χ4n) is 1.99. The standard InChI is InChI=1S/C16H24ClNO/c1-12(13-8-6-5-7-9-13)15(19)18-11-14(17)10-16(2,3)4/h5-9,12,14H,10-11H2,1-4H3,(H,18,19). The van der Waals surface area contributed by atoms with Gasteiger partial charge >= 0.3 is 0 Å². The average Bonchev–Trinajstić information content (AvgIpc) is 2.34. The van der Waals surface area contributed by atoms with Crippen LogP contribution in [-0.2, 0) is 4.79 Å². The predicted octanol–water partition coefficient (Wildman–Crippen LogP) is 3.95. The maximum Gasteiger partial charge on any atom is 0.227 e. The normalized spacial score (nSPS) is 14.8. The second kappa shape index (κ2) is 6.95. The van der Waals surface area contributed by atoms with E-state index in [9.17, 15) is 4.79 Å². The van der Waals surface area contributed by atoms with Crippen LogP contribution in [0.25, 0.3) is 0 Å². The van der Waals surface area contributed by atoms with Gasteiger partial charge in [-0.25, -0.2) is 0 Å². The maximum absolute atomic E-state index is 12.0. The molecular weight excluding hydrogens is 258 g/mol. The molecule has 1 rings (SSSR count). The Balaban J connectivity index is 2.43. The van der Waals surface area contributed by atoms with Gasteiger partial charge in [-0.1, -0.05) is 51.1 Å². The summed E-state index contributed by atoms with van der Waals surface area (Å²) in [5, 5.41) is 2.91. The molecule has 2 atom stereocenters. The summed E-state index contributed by atoms with van der Waals surface area (Å²) in [6, 6.07) is 9.79. The van der Waals surface area contributed by atoms with Gasteiger partial charge in [0, 0.05) is 6.54 Å². The van der Waals surface area contributed by atoms with Crippen molar-refractivity contribution in [1.29, 1.82) is 0 Å². The molecule has 1 amide bonds. The van der Waals surface area contributed by atoms with E-state index in [2.05, 4.69) is 26.1 Å². The van der Waals surface area contributed by atoms with Gasteiger partial charge in [0.25, 0.3) is 0 Å². The molecule has 1 N–H and O–H groups in total. The molecule has 0 radical (unpaired) electrons. The van der Waals surface area contributed by atoms with Crippen LogP contribution in [-0.4, -0.2) is 17.8 Å². The summed E-state index contributed by atoms with van der Waals surface area (Å²) in [5.74, 6) is -0.106. The topological polar surface area (TPSA) is 29.1 Å². The Morgan fingerprint density at radius 3 is 2.37 bits per heavy atom. The van der Waals surface area contributed by atoms with Crippen molar-refractivity contribution in [2.75, 3.05) is 6.54 Å². The van der Waals surface area contributed by atoms with E-state index in [-0.39, 0.29) is 22.6 Å². The van der Waals surface area contributed by atoms with Crippen LogP contribution in [0.15, 0.2) is 30.3 Å². The Labute approximate surface area is 121 Å². The van der Waals surface area contributed by atoms with E-state index < -0.39 is 0 Å². The number of nitrogens with one attached hydrogen (secondary N) is 1. The minimum Gasteiger partial charge on any atom is -0.354 e. The molecular formula is C16H24ClNO. The lowest BCUT2D eigenvalue weighted by Gasteiger charge is -2.22. The van der Waals surface area contributed by atoms with Crippen LogP contribution in [0.3, 0.4) is 0 Å². The van der Waals surface area contributed by atoms with Crippen molar-refractivity contribution in [2.45, 2.75) is 45.4 Å². The second-order valence-corrected chi connectivity index (χ2v) is 6.86. The van der Waals surface area contributed by atoms with Crippen LogP contribution >= 0.6 is 11.6 Å². The Hall–Kier alpha value is -1.02. The van der Waals surface area contributed by atoms with E-state index in [1.54, 1.807) is 0 Å². The predicted molar refractivity (Wildman–Crippen MR) is 81.6 cm³/mol. The van der Waals surface area contributed by atoms with Crippen LogP contribution in [0.5, 0.6) is 0 Å². The molecule has 1 aromatic rings. The molecule has 2 nitrogen and oxygen atoms in total. The zero-order valence-electron chi connectivity index (χ0n) is 12.2. The summed E-state index contributed by atoms with van der Waals surface area (Å²) in [6.45, 7) is 8.89. The van der Waals surface area contributed by atoms with Crippen LogP contribution < -0.4 is 5.32 Å². The fraction of sp³-hybridized carbons (Fsp3) is 0.562. The summed E-state index contributed by atoms with van der Waals surface area (Å²) in [5.41, 5.74) is 1.21. The number of carbonyl (C=O) groups is 1. The quantitative estimate of drug-likeness (QED) is 0.814. The maximum atomic E-state index is 12.0. The van der Waals surface area contributed by atoms with Crippen LogP contribution in [0.1, 0.15) is 45.6 Å². The molecule has 0 saturated carbocycles. The van der Waals surface area contributed by atoms with Crippen molar-refractivity contribution in [3.63, 3.8) is 0 Å². The van der Waals surface area contributed by atoms with Gasteiger partial charge in [-0.05, 0) is 24.3 Å². The Kier molecular flexibility index (Phi) is 5.86. The molecule has 0 aliphatic rings. The summed E-state index contributed by atoms with van der Waals surface area (Å²) in [7, 11) is 0. The number of rotatable bonds is 5. The van der Waals surface area contributed by atoms with Gasteiger partial charge < -0.3 is 5.32 Å². The Bertz CT molecular complexity index is 397. The van der Waals surface area contributed by atoms with Crippen LogP contribution in [0, 0.1) is 5.41 Å². The first-order valence-electron chi connectivity index (χ1n) is 6.76. The first kappa shape index (κ1) is 16.0. The van der Waals surface area contributed by atoms with Crippen molar-refractivity contribution in [1.82, 2.24) is 5.32 Å². The summed E-state index contributed by atoms with van der Waals surface area (Å²) >= 11 is 6.25. The molecule has 2 unspecified atom stereocenters. The highest BCUT2D eigenvalue weighted by atomic mass is 35.5.